The van der Waals surface area contributed by atoms with E-state index in [1.165, 1.54) is 6.07 Å². The Labute approximate surface area is 218 Å². The lowest BCUT2D eigenvalue weighted by atomic mass is 10.0. The van der Waals surface area contributed by atoms with Crippen LogP contribution in [0.15, 0.2) is 53.3 Å². The Hall–Kier alpha value is -4.01. The van der Waals surface area contributed by atoms with Crippen molar-refractivity contribution in [3.63, 3.8) is 0 Å². The molecule has 0 bridgehead atoms. The molecule has 1 aromatic heterocycles. The van der Waals surface area contributed by atoms with Gasteiger partial charge in [0.15, 0.2) is 11.4 Å². The number of fused-ring (bicyclic) bond motifs is 2. The molecule has 6 rings (SSSR count). The zero-order valence-electron chi connectivity index (χ0n) is 20.9. The average Bonchev–Trinajstić information content (AvgIpc) is 3.50. The predicted molar refractivity (Wildman–Crippen MR) is 135 cm³/mol. The molecular formula is C29H27F2N3O4. The van der Waals surface area contributed by atoms with Gasteiger partial charge < -0.3 is 19.5 Å². The van der Waals surface area contributed by atoms with E-state index in [1.54, 1.807) is 0 Å². The Balaban J connectivity index is 1.42. The quantitative estimate of drug-likeness (QED) is 0.531. The number of nitrogens with zero attached hydrogens (tertiary/aromatic N) is 2. The maximum Gasteiger partial charge on any atom is 0.275 e. The minimum absolute atomic E-state index is 0.0000484. The number of carbonyl (C=O) groups is 2. The Morgan fingerprint density at radius 2 is 1.84 bits per heavy atom. The zero-order valence-corrected chi connectivity index (χ0v) is 20.9. The Morgan fingerprint density at radius 3 is 2.61 bits per heavy atom. The van der Waals surface area contributed by atoms with E-state index in [0.717, 1.165) is 30.5 Å². The van der Waals surface area contributed by atoms with Crippen LogP contribution in [0.5, 0.6) is 5.75 Å². The minimum Gasteiger partial charge on any atom is -0.483 e. The van der Waals surface area contributed by atoms with Crippen LogP contribution in [0.4, 0.5) is 8.78 Å². The second-order valence-electron chi connectivity index (χ2n) is 10.2. The lowest BCUT2D eigenvalue weighted by Gasteiger charge is -2.40. The second-order valence-corrected chi connectivity index (χ2v) is 10.2. The molecule has 7 nitrogen and oxygen atoms in total. The third kappa shape index (κ3) is 3.88. The van der Waals surface area contributed by atoms with Crippen molar-refractivity contribution >= 4 is 11.8 Å². The number of nitrogens with one attached hydrogen (secondary N) is 1. The maximum atomic E-state index is 14.2. The SMILES string of the molecule is C[C@H]1CCC2C3CCc4c(C(=O)NCc5ccc(F)cc5F)c(=O)c(OCc5ccccc5)c(n43)C(=O)N21. The standard InChI is InChI=1S/C29H27F2N3O4/c1-16-7-10-21-22-11-12-23-24(28(36)32-14-18-8-9-19(30)13-20(18)31)26(35)27(25(34(22)23)29(37)33(16)21)38-15-17-5-3-2-4-6-17/h2-6,8-9,13,16,21-22H,7,10-12,14-15H2,1H3,(H,32,36)/t16-,21?,22?/m0/s1. The first-order valence-corrected chi connectivity index (χ1v) is 12.9. The van der Waals surface area contributed by atoms with E-state index >= 15 is 0 Å². The van der Waals surface area contributed by atoms with Crippen LogP contribution in [0.25, 0.3) is 0 Å². The number of ether oxygens (including phenoxy) is 1. The topological polar surface area (TPSA) is 80.6 Å². The number of hydrogen-bond acceptors (Lipinski definition) is 4. The number of aromatic nitrogens is 1. The molecule has 38 heavy (non-hydrogen) atoms. The van der Waals surface area contributed by atoms with E-state index in [2.05, 4.69) is 5.32 Å². The van der Waals surface area contributed by atoms with Gasteiger partial charge in [-0.05, 0) is 44.2 Å². The van der Waals surface area contributed by atoms with Crippen molar-refractivity contribution in [2.75, 3.05) is 0 Å². The molecule has 3 atom stereocenters. The third-order valence-electron chi connectivity index (χ3n) is 7.98. The van der Waals surface area contributed by atoms with Gasteiger partial charge in [0.25, 0.3) is 11.8 Å². The normalized spacial score (nSPS) is 21.3. The third-order valence-corrected chi connectivity index (χ3v) is 7.98. The molecule has 1 fully saturated rings. The van der Waals surface area contributed by atoms with E-state index in [1.807, 2.05) is 46.7 Å². The van der Waals surface area contributed by atoms with Gasteiger partial charge in [0.05, 0.1) is 12.1 Å². The molecular weight excluding hydrogens is 492 g/mol. The lowest BCUT2D eigenvalue weighted by Crippen LogP contribution is -2.50. The van der Waals surface area contributed by atoms with Crippen LogP contribution in [0.1, 0.15) is 69.9 Å². The van der Waals surface area contributed by atoms with Gasteiger partial charge in [-0.15, -0.1) is 0 Å². The summed E-state index contributed by atoms with van der Waals surface area (Å²) in [7, 11) is 0. The highest BCUT2D eigenvalue weighted by atomic mass is 19.1. The maximum absolute atomic E-state index is 14.2. The highest BCUT2D eigenvalue weighted by molar-refractivity contribution is 6.01. The van der Waals surface area contributed by atoms with Gasteiger partial charge in [-0.3, -0.25) is 14.4 Å². The number of benzene rings is 2. The number of amides is 2. The van der Waals surface area contributed by atoms with E-state index in [9.17, 15) is 23.2 Å². The molecule has 1 saturated heterocycles. The summed E-state index contributed by atoms with van der Waals surface area (Å²) in [5.74, 6) is -2.57. The smallest absolute Gasteiger partial charge is 0.275 e. The highest BCUT2D eigenvalue weighted by Gasteiger charge is 2.50. The van der Waals surface area contributed by atoms with Crippen molar-refractivity contribution in [2.24, 2.45) is 0 Å². The summed E-state index contributed by atoms with van der Waals surface area (Å²) in [4.78, 5) is 42.9. The van der Waals surface area contributed by atoms with Crippen molar-refractivity contribution in [1.82, 2.24) is 14.8 Å². The molecule has 3 aliphatic heterocycles. The molecule has 0 spiro atoms. The first-order valence-electron chi connectivity index (χ1n) is 12.9. The monoisotopic (exact) mass is 519 g/mol. The minimum atomic E-state index is -0.787. The molecule has 0 radical (unpaired) electrons. The first-order chi connectivity index (χ1) is 18.3. The number of pyridine rings is 1. The fourth-order valence-corrected chi connectivity index (χ4v) is 6.20. The van der Waals surface area contributed by atoms with E-state index in [4.69, 9.17) is 4.74 Å². The average molecular weight is 520 g/mol. The first kappa shape index (κ1) is 24.3. The Kier molecular flexibility index (Phi) is 6.01. The summed E-state index contributed by atoms with van der Waals surface area (Å²) in [6, 6.07) is 12.4. The van der Waals surface area contributed by atoms with E-state index < -0.39 is 23.0 Å². The van der Waals surface area contributed by atoms with E-state index in [-0.39, 0.29) is 59.8 Å². The molecule has 1 N–H and O–H groups in total. The number of hydrogen-bond donors (Lipinski definition) is 1. The van der Waals surface area contributed by atoms with Gasteiger partial charge in [0.2, 0.25) is 5.43 Å². The van der Waals surface area contributed by atoms with Crippen molar-refractivity contribution in [2.45, 2.75) is 63.9 Å². The summed E-state index contributed by atoms with van der Waals surface area (Å²) < 4.78 is 35.4. The molecule has 2 aromatic carbocycles. The van der Waals surface area contributed by atoms with Crippen molar-refractivity contribution in [3.05, 3.63) is 98.5 Å². The van der Waals surface area contributed by atoms with Crippen LogP contribution in [-0.4, -0.2) is 33.4 Å². The molecule has 0 saturated carbocycles. The summed E-state index contributed by atoms with van der Waals surface area (Å²) in [5, 5.41) is 2.62. The summed E-state index contributed by atoms with van der Waals surface area (Å²) >= 11 is 0. The molecule has 0 aliphatic carbocycles. The predicted octanol–water partition coefficient (Wildman–Crippen LogP) is 4.13. The highest BCUT2D eigenvalue weighted by Crippen LogP contribution is 2.45. The Bertz CT molecular complexity index is 1500. The van der Waals surface area contributed by atoms with E-state index in [0.29, 0.717) is 18.5 Å². The number of carbonyl (C=O) groups excluding carboxylic acids is 2. The van der Waals surface area contributed by atoms with Crippen molar-refractivity contribution in [1.29, 1.82) is 0 Å². The number of rotatable bonds is 6. The van der Waals surface area contributed by atoms with Crippen LogP contribution in [-0.2, 0) is 19.6 Å². The second kappa shape index (κ2) is 9.38. The summed E-state index contributed by atoms with van der Waals surface area (Å²) in [6.07, 6.45) is 2.89. The Morgan fingerprint density at radius 1 is 1.05 bits per heavy atom. The van der Waals surface area contributed by atoms with Crippen LogP contribution in [0, 0.1) is 11.6 Å². The fourth-order valence-electron chi connectivity index (χ4n) is 6.20. The van der Waals surface area contributed by atoms with Gasteiger partial charge in [0.1, 0.15) is 23.8 Å². The van der Waals surface area contributed by atoms with Crippen molar-refractivity contribution in [3.8, 4) is 5.75 Å². The van der Waals surface area contributed by atoms with Gasteiger partial charge in [0, 0.05) is 29.9 Å². The molecule has 9 heteroatoms. The van der Waals surface area contributed by atoms with Gasteiger partial charge in [-0.2, -0.15) is 0 Å². The lowest BCUT2D eigenvalue weighted by molar-refractivity contribution is 0.0538. The molecule has 4 heterocycles. The fraction of sp³-hybridized carbons (Fsp3) is 0.345. The molecule has 3 aromatic rings. The zero-order chi connectivity index (χ0) is 26.6. The molecule has 3 aliphatic rings. The molecule has 2 unspecified atom stereocenters. The number of halogens is 2. The van der Waals surface area contributed by atoms with Crippen LogP contribution in [0.3, 0.4) is 0 Å². The molecule has 2 amide bonds. The van der Waals surface area contributed by atoms with Crippen LogP contribution < -0.4 is 15.5 Å². The summed E-state index contributed by atoms with van der Waals surface area (Å²) in [6.45, 7) is 1.85. The van der Waals surface area contributed by atoms with Gasteiger partial charge in [-0.25, -0.2) is 8.78 Å². The summed E-state index contributed by atoms with van der Waals surface area (Å²) in [5.41, 5.74) is 0.877. The van der Waals surface area contributed by atoms with Gasteiger partial charge in [-0.1, -0.05) is 36.4 Å². The largest absolute Gasteiger partial charge is 0.483 e. The van der Waals surface area contributed by atoms with Crippen LogP contribution in [0.2, 0.25) is 0 Å². The van der Waals surface area contributed by atoms with Crippen molar-refractivity contribution < 1.29 is 23.1 Å². The van der Waals surface area contributed by atoms with Gasteiger partial charge >= 0.3 is 0 Å². The molecule has 196 valence electrons. The van der Waals surface area contributed by atoms with Crippen LogP contribution >= 0.6 is 0 Å².